The highest BCUT2D eigenvalue weighted by Crippen LogP contribution is 2.11. The van der Waals surface area contributed by atoms with Crippen LogP contribution in [0.4, 0.5) is 4.79 Å². The number of nitrogens with one attached hydrogen (secondary N) is 2. The molecule has 0 unspecified atom stereocenters. The van der Waals surface area contributed by atoms with Gasteiger partial charge in [-0.15, -0.1) is 0 Å². The molecule has 0 saturated carbocycles. The summed E-state index contributed by atoms with van der Waals surface area (Å²) < 4.78 is 0. The summed E-state index contributed by atoms with van der Waals surface area (Å²) in [6.45, 7) is 1.40. The van der Waals surface area contributed by atoms with Gasteiger partial charge in [0.2, 0.25) is 5.91 Å². The van der Waals surface area contributed by atoms with Gasteiger partial charge in [-0.05, 0) is 6.42 Å². The number of fused-ring (bicyclic) bond motifs is 1. The van der Waals surface area contributed by atoms with E-state index in [1.807, 2.05) is 0 Å². The lowest BCUT2D eigenvalue weighted by Gasteiger charge is -2.26. The Bertz CT molecular complexity index is 272. The number of urea groups is 1. The molecule has 0 bridgehead atoms. The maximum absolute atomic E-state index is 11.2. The summed E-state index contributed by atoms with van der Waals surface area (Å²) in [6.07, 6.45) is 0.698. The minimum Gasteiger partial charge on any atom is -0.315 e. The van der Waals surface area contributed by atoms with Crippen molar-refractivity contribution >= 4 is 17.6 Å². The van der Waals surface area contributed by atoms with Crippen LogP contribution in [-0.2, 0) is 4.79 Å². The van der Waals surface area contributed by atoms with Crippen LogP contribution in [-0.4, -0.2) is 30.7 Å². The Balaban J connectivity index is 2.28. The van der Waals surface area contributed by atoms with Crippen LogP contribution in [0.5, 0.6) is 0 Å². The Morgan fingerprint density at radius 3 is 3.08 bits per heavy atom. The predicted octanol–water partition coefficient (Wildman–Crippen LogP) is -0.713. The molecule has 1 fully saturated rings. The normalized spacial score (nSPS) is 29.0. The van der Waals surface area contributed by atoms with E-state index in [4.69, 9.17) is 0 Å². The number of piperidine rings is 1. The van der Waals surface area contributed by atoms with Gasteiger partial charge in [0.1, 0.15) is 0 Å². The molecule has 0 aromatic heterocycles. The Morgan fingerprint density at radius 1 is 1.42 bits per heavy atom. The van der Waals surface area contributed by atoms with E-state index >= 15 is 0 Å². The molecule has 0 aliphatic carbocycles. The molecular formula is C7H9N3O2. The molecule has 0 aromatic rings. The molecule has 2 aliphatic heterocycles. The van der Waals surface area contributed by atoms with Crippen LogP contribution >= 0.6 is 0 Å². The summed E-state index contributed by atoms with van der Waals surface area (Å²) in [5, 5.41) is 5.25. The molecule has 0 radical (unpaired) electrons. The van der Waals surface area contributed by atoms with E-state index in [2.05, 4.69) is 15.6 Å². The van der Waals surface area contributed by atoms with E-state index in [9.17, 15) is 9.59 Å². The van der Waals surface area contributed by atoms with Crippen molar-refractivity contribution < 1.29 is 9.59 Å². The van der Waals surface area contributed by atoms with Crippen LogP contribution in [0.2, 0.25) is 0 Å². The van der Waals surface area contributed by atoms with Gasteiger partial charge in [0, 0.05) is 18.8 Å². The second-order valence-corrected chi connectivity index (χ2v) is 2.90. The minimum absolute atomic E-state index is 0.225. The van der Waals surface area contributed by atoms with Crippen LogP contribution in [0, 0.1) is 5.92 Å². The first-order valence-electron chi connectivity index (χ1n) is 3.90. The lowest BCUT2D eigenvalue weighted by molar-refractivity contribution is -0.122. The summed E-state index contributed by atoms with van der Waals surface area (Å²) >= 11 is 0. The predicted molar refractivity (Wildman–Crippen MR) is 42.0 cm³/mol. The Hall–Kier alpha value is -1.23. The van der Waals surface area contributed by atoms with Crippen molar-refractivity contribution in [2.24, 2.45) is 10.9 Å². The summed E-state index contributed by atoms with van der Waals surface area (Å²) in [6, 6.07) is -0.520. The lowest BCUT2D eigenvalue weighted by atomic mass is 9.95. The number of nitrogens with zero attached hydrogens (tertiary/aromatic N) is 1. The molecule has 5 heteroatoms. The molecule has 3 amide bonds. The smallest absolute Gasteiger partial charge is 0.315 e. The number of hydrogen-bond acceptors (Lipinski definition) is 3. The second kappa shape index (κ2) is 2.67. The maximum Gasteiger partial charge on any atom is 0.347 e. The first kappa shape index (κ1) is 7.42. The van der Waals surface area contributed by atoms with Gasteiger partial charge in [-0.25, -0.2) is 9.79 Å². The fraction of sp³-hybridized carbons (Fsp3) is 0.571. The molecule has 0 spiro atoms. The van der Waals surface area contributed by atoms with Crippen molar-refractivity contribution in [3.05, 3.63) is 0 Å². The Labute approximate surface area is 69.2 Å². The Morgan fingerprint density at radius 2 is 2.25 bits per heavy atom. The third-order valence-corrected chi connectivity index (χ3v) is 2.10. The fourth-order valence-corrected chi connectivity index (χ4v) is 1.48. The summed E-state index contributed by atoms with van der Waals surface area (Å²) in [5.74, 6) is -0.450. The van der Waals surface area contributed by atoms with Crippen molar-refractivity contribution in [1.82, 2.24) is 10.6 Å². The topological polar surface area (TPSA) is 70.6 Å². The molecule has 5 nitrogen and oxygen atoms in total. The van der Waals surface area contributed by atoms with Gasteiger partial charge in [0.05, 0.1) is 5.92 Å². The number of carbonyl (C=O) groups excluding carboxylic acids is 2. The van der Waals surface area contributed by atoms with Gasteiger partial charge < -0.3 is 5.32 Å². The second-order valence-electron chi connectivity index (χ2n) is 2.90. The molecule has 2 aliphatic rings. The monoisotopic (exact) mass is 167 g/mol. The third-order valence-electron chi connectivity index (χ3n) is 2.10. The number of hydrogen-bond donors (Lipinski definition) is 2. The van der Waals surface area contributed by atoms with Crippen molar-refractivity contribution in [3.63, 3.8) is 0 Å². The summed E-state index contributed by atoms with van der Waals surface area (Å²) in [5.41, 5.74) is 0.725. The SMILES string of the molecule is O=C1N=C2CCNC[C@@H]2C(=O)N1. The van der Waals surface area contributed by atoms with Gasteiger partial charge >= 0.3 is 6.03 Å². The van der Waals surface area contributed by atoms with Crippen molar-refractivity contribution in [3.8, 4) is 0 Å². The number of rotatable bonds is 0. The quantitative estimate of drug-likeness (QED) is 0.500. The highest BCUT2D eigenvalue weighted by atomic mass is 16.2. The third kappa shape index (κ3) is 1.12. The molecule has 0 aromatic carbocycles. The van der Waals surface area contributed by atoms with Crippen LogP contribution in [0.3, 0.4) is 0 Å². The van der Waals surface area contributed by atoms with Crippen molar-refractivity contribution in [2.75, 3.05) is 13.1 Å². The van der Waals surface area contributed by atoms with Crippen LogP contribution in [0.1, 0.15) is 6.42 Å². The number of aliphatic imine (C=N–C) groups is 1. The molecule has 12 heavy (non-hydrogen) atoms. The molecule has 2 heterocycles. The first-order valence-corrected chi connectivity index (χ1v) is 3.90. The van der Waals surface area contributed by atoms with Crippen molar-refractivity contribution in [1.29, 1.82) is 0 Å². The minimum atomic E-state index is -0.520. The Kier molecular flexibility index (Phi) is 1.65. The zero-order valence-corrected chi connectivity index (χ0v) is 6.46. The largest absolute Gasteiger partial charge is 0.347 e. The van der Waals surface area contributed by atoms with E-state index in [0.717, 1.165) is 12.3 Å². The van der Waals surface area contributed by atoms with Crippen LogP contribution in [0.25, 0.3) is 0 Å². The number of imide groups is 1. The fourth-order valence-electron chi connectivity index (χ4n) is 1.48. The van der Waals surface area contributed by atoms with Gasteiger partial charge in [-0.2, -0.15) is 0 Å². The van der Waals surface area contributed by atoms with E-state index in [1.165, 1.54) is 0 Å². The van der Waals surface area contributed by atoms with E-state index in [-0.39, 0.29) is 11.8 Å². The van der Waals surface area contributed by atoms with E-state index in [1.54, 1.807) is 0 Å². The van der Waals surface area contributed by atoms with Crippen LogP contribution in [0.15, 0.2) is 4.99 Å². The van der Waals surface area contributed by atoms with Gasteiger partial charge in [-0.1, -0.05) is 0 Å². The molecule has 1 atom stereocenters. The average Bonchev–Trinajstić information content (AvgIpc) is 2.04. The standard InChI is InChI=1S/C7H9N3O2/c11-6-4-3-8-2-1-5(4)9-7(12)10-6/h4,8H,1-3H2,(H,10,11,12)/t4-/m0/s1. The maximum atomic E-state index is 11.2. The summed E-state index contributed by atoms with van der Waals surface area (Å²) in [4.78, 5) is 25.7. The van der Waals surface area contributed by atoms with Gasteiger partial charge in [0.15, 0.2) is 0 Å². The van der Waals surface area contributed by atoms with E-state index in [0.29, 0.717) is 13.0 Å². The summed E-state index contributed by atoms with van der Waals surface area (Å²) in [7, 11) is 0. The van der Waals surface area contributed by atoms with E-state index < -0.39 is 6.03 Å². The first-order chi connectivity index (χ1) is 5.77. The number of carbonyl (C=O) groups is 2. The lowest BCUT2D eigenvalue weighted by Crippen LogP contribution is -2.50. The highest BCUT2D eigenvalue weighted by molar-refractivity contribution is 6.16. The molecule has 2 rings (SSSR count). The van der Waals surface area contributed by atoms with Gasteiger partial charge in [0.25, 0.3) is 0 Å². The average molecular weight is 167 g/mol. The van der Waals surface area contributed by atoms with Gasteiger partial charge in [-0.3, -0.25) is 10.1 Å². The molecule has 64 valence electrons. The zero-order valence-electron chi connectivity index (χ0n) is 6.46. The molecular weight excluding hydrogens is 158 g/mol. The molecule has 2 N–H and O–H groups in total. The van der Waals surface area contributed by atoms with Crippen LogP contribution < -0.4 is 10.6 Å². The zero-order chi connectivity index (χ0) is 8.55. The number of amides is 3. The molecule has 1 saturated heterocycles. The van der Waals surface area contributed by atoms with Crippen molar-refractivity contribution in [2.45, 2.75) is 6.42 Å². The highest BCUT2D eigenvalue weighted by Gasteiger charge is 2.32.